The number of hydrogen-bond acceptors (Lipinski definition) is 12. The Morgan fingerprint density at radius 2 is 1.09 bits per heavy atom. The number of aliphatic carboxylic acids is 3. The number of amides is 7. The second kappa shape index (κ2) is 30.5. The number of benzene rings is 3. The molecular formula is C52H67N7O14S. The minimum absolute atomic E-state index is 0.0117. The van der Waals surface area contributed by atoms with E-state index in [1.165, 1.54) is 0 Å². The molecule has 1 aliphatic carbocycles. The van der Waals surface area contributed by atoms with Crippen LogP contribution in [0.25, 0.3) is 0 Å². The molecule has 0 aliphatic heterocycles. The van der Waals surface area contributed by atoms with Gasteiger partial charge in [0.05, 0.1) is 13.5 Å². The van der Waals surface area contributed by atoms with Crippen molar-refractivity contribution in [3.63, 3.8) is 0 Å². The van der Waals surface area contributed by atoms with Crippen LogP contribution in [0.2, 0.25) is 0 Å². The maximum absolute atomic E-state index is 15.0. The SMILES string of the molecule is COc1cccc(CCNC(=O)[C@H](CS)NC(=O)[C@H](CC2CCCCC2)NC(=O)[C@H](CCC(=O)O)NC(=O)[C@@H](NC(=O)[C@H](CCC(=O)O)NC(=O)[C@H](CC(=O)O)NC(C)=O)C(c2ccccc2)c2ccccc2)c1. The van der Waals surface area contributed by atoms with Gasteiger partial charge in [-0.15, -0.1) is 0 Å². The van der Waals surface area contributed by atoms with E-state index in [2.05, 4.69) is 49.8 Å². The van der Waals surface area contributed by atoms with Crippen LogP contribution in [0.3, 0.4) is 0 Å². The highest BCUT2D eigenvalue weighted by atomic mass is 32.1. The molecule has 0 spiro atoms. The van der Waals surface area contributed by atoms with Crippen LogP contribution in [0.4, 0.5) is 0 Å². The minimum atomic E-state index is -1.73. The van der Waals surface area contributed by atoms with Gasteiger partial charge in [0, 0.05) is 38.0 Å². The Kier molecular flexibility index (Phi) is 24.4. The maximum atomic E-state index is 15.0. The van der Waals surface area contributed by atoms with E-state index in [9.17, 15) is 58.5 Å². The zero-order valence-electron chi connectivity index (χ0n) is 41.4. The molecule has 0 bridgehead atoms. The van der Waals surface area contributed by atoms with Crippen LogP contribution in [0.1, 0.15) is 100 Å². The van der Waals surface area contributed by atoms with Crippen molar-refractivity contribution in [3.05, 3.63) is 102 Å². The fourth-order valence-electron chi connectivity index (χ4n) is 8.70. The van der Waals surface area contributed by atoms with Gasteiger partial charge in [0.1, 0.15) is 42.0 Å². The molecule has 22 heteroatoms. The fraction of sp³-hybridized carbons (Fsp3) is 0.462. The molecule has 21 nitrogen and oxygen atoms in total. The van der Waals surface area contributed by atoms with Gasteiger partial charge in [-0.3, -0.25) is 47.9 Å². The number of thiol groups is 1. The average molecular weight is 1050 g/mol. The van der Waals surface area contributed by atoms with E-state index in [1.54, 1.807) is 73.8 Å². The molecule has 400 valence electrons. The predicted octanol–water partition coefficient (Wildman–Crippen LogP) is 2.22. The lowest BCUT2D eigenvalue weighted by molar-refractivity contribution is -0.141. The first-order valence-electron chi connectivity index (χ1n) is 24.4. The number of carbonyl (C=O) groups is 10. The molecule has 10 N–H and O–H groups in total. The quantitative estimate of drug-likeness (QED) is 0.0427. The highest BCUT2D eigenvalue weighted by Crippen LogP contribution is 2.30. The van der Waals surface area contributed by atoms with Gasteiger partial charge in [-0.1, -0.05) is 105 Å². The van der Waals surface area contributed by atoms with Crippen LogP contribution in [0.15, 0.2) is 84.9 Å². The monoisotopic (exact) mass is 1050 g/mol. The molecule has 3 aromatic rings. The Bertz CT molecular complexity index is 2350. The van der Waals surface area contributed by atoms with Crippen molar-refractivity contribution >= 4 is 71.9 Å². The first-order valence-corrected chi connectivity index (χ1v) is 25.1. The largest absolute Gasteiger partial charge is 0.497 e. The lowest BCUT2D eigenvalue weighted by atomic mass is 9.84. The summed E-state index contributed by atoms with van der Waals surface area (Å²) in [6.07, 6.45) is 1.60. The van der Waals surface area contributed by atoms with Gasteiger partial charge in [0.15, 0.2) is 0 Å². The zero-order valence-corrected chi connectivity index (χ0v) is 42.3. The van der Waals surface area contributed by atoms with E-state index in [0.717, 1.165) is 44.6 Å². The average Bonchev–Trinajstić information content (AvgIpc) is 3.37. The molecular weight excluding hydrogens is 979 g/mol. The van der Waals surface area contributed by atoms with E-state index >= 15 is 4.79 Å². The number of hydrogen-bond donors (Lipinski definition) is 11. The molecule has 0 aromatic heterocycles. The van der Waals surface area contributed by atoms with Gasteiger partial charge in [0.25, 0.3) is 0 Å². The van der Waals surface area contributed by atoms with Crippen LogP contribution < -0.4 is 42.0 Å². The summed E-state index contributed by atoms with van der Waals surface area (Å²) >= 11 is 4.33. The summed E-state index contributed by atoms with van der Waals surface area (Å²) < 4.78 is 5.28. The molecule has 0 saturated heterocycles. The fourth-order valence-corrected chi connectivity index (χ4v) is 8.95. The summed E-state index contributed by atoms with van der Waals surface area (Å²) in [5.41, 5.74) is 1.84. The van der Waals surface area contributed by atoms with Gasteiger partial charge in [0.2, 0.25) is 41.4 Å². The van der Waals surface area contributed by atoms with Crippen LogP contribution in [-0.2, 0) is 54.4 Å². The molecule has 0 radical (unpaired) electrons. The van der Waals surface area contributed by atoms with Crippen LogP contribution in [-0.4, -0.2) is 130 Å². The molecule has 6 atom stereocenters. The molecule has 0 unspecified atom stereocenters. The third-order valence-corrected chi connectivity index (χ3v) is 12.8. The first-order chi connectivity index (χ1) is 35.4. The molecule has 1 saturated carbocycles. The van der Waals surface area contributed by atoms with Crippen molar-refractivity contribution in [1.82, 2.24) is 37.2 Å². The number of carboxylic acids is 3. The Labute approximate surface area is 434 Å². The number of carboxylic acid groups (broad SMARTS) is 3. The van der Waals surface area contributed by atoms with Crippen molar-refractivity contribution < 1.29 is 68.0 Å². The molecule has 1 aliphatic rings. The van der Waals surface area contributed by atoms with Crippen molar-refractivity contribution in [2.75, 3.05) is 19.4 Å². The highest BCUT2D eigenvalue weighted by Gasteiger charge is 2.39. The Balaban J connectivity index is 1.69. The first kappa shape index (κ1) is 59.1. The standard InChI is InChI=1S/C52H67N7O14S/c1-31(60)54-40(29-44(65)66)51(71)55-38(22-24-43(63)64)49(69)59-46(45(34-16-8-4-9-17-34)35-18-10-5-11-19-35)52(72)56-37(21-23-42(61)62)48(68)57-39(28-32-13-6-3-7-14-32)50(70)58-41(30-74)47(67)53-26-25-33-15-12-20-36(27-33)73-2/h4-5,8-12,15-20,27,32,37-41,45-46,74H,3,6-7,13-14,21-26,28-30H2,1-2H3,(H,53,67)(H,54,60)(H,55,71)(H,56,72)(H,57,68)(H,58,70)(H,59,69)(H,61,62)(H,63,64)(H,65,66)/t37-,38-,39-,40-,41-,46-/m0/s1. The molecule has 4 rings (SSSR count). The Morgan fingerprint density at radius 1 is 0.581 bits per heavy atom. The number of nitrogens with one attached hydrogen (secondary N) is 7. The lowest BCUT2D eigenvalue weighted by Gasteiger charge is -2.32. The molecule has 74 heavy (non-hydrogen) atoms. The van der Waals surface area contributed by atoms with Crippen LogP contribution in [0.5, 0.6) is 5.75 Å². The summed E-state index contributed by atoms with van der Waals surface area (Å²) in [5, 5.41) is 46.9. The van der Waals surface area contributed by atoms with E-state index in [4.69, 9.17) is 4.74 Å². The summed E-state index contributed by atoms with van der Waals surface area (Å²) in [6.45, 7) is 1.26. The van der Waals surface area contributed by atoms with Crippen molar-refractivity contribution in [1.29, 1.82) is 0 Å². The smallest absolute Gasteiger partial charge is 0.305 e. The number of carbonyl (C=O) groups excluding carboxylic acids is 7. The van der Waals surface area contributed by atoms with Crippen LogP contribution >= 0.6 is 12.6 Å². The second-order valence-corrected chi connectivity index (χ2v) is 18.4. The zero-order chi connectivity index (χ0) is 54.2. The molecule has 0 heterocycles. The van der Waals surface area contributed by atoms with Gasteiger partial charge in [-0.25, -0.2) is 0 Å². The second-order valence-electron chi connectivity index (χ2n) is 18.1. The number of methoxy groups -OCH3 is 1. The third-order valence-electron chi connectivity index (χ3n) is 12.5. The van der Waals surface area contributed by atoms with E-state index < -0.39 is 134 Å². The number of rotatable bonds is 30. The van der Waals surface area contributed by atoms with Crippen molar-refractivity contribution in [2.24, 2.45) is 5.92 Å². The van der Waals surface area contributed by atoms with Crippen molar-refractivity contribution in [2.45, 2.75) is 126 Å². The molecule has 1 fully saturated rings. The summed E-state index contributed by atoms with van der Waals surface area (Å²) in [5.74, 6) is -10.9. The normalized spacial score (nSPS) is 14.8. The highest BCUT2D eigenvalue weighted by molar-refractivity contribution is 7.80. The lowest BCUT2D eigenvalue weighted by Crippen LogP contribution is -2.61. The molecule has 3 aromatic carbocycles. The van der Waals surface area contributed by atoms with Crippen molar-refractivity contribution in [3.8, 4) is 5.75 Å². The predicted molar refractivity (Wildman–Crippen MR) is 273 cm³/mol. The van der Waals surface area contributed by atoms with Gasteiger partial charge in [-0.2, -0.15) is 12.6 Å². The van der Waals surface area contributed by atoms with Gasteiger partial charge < -0.3 is 57.3 Å². The third kappa shape index (κ3) is 19.8. The van der Waals surface area contributed by atoms with Gasteiger partial charge >= 0.3 is 17.9 Å². The number of ether oxygens (including phenoxy) is 1. The Hall–Kier alpha value is -7.49. The van der Waals surface area contributed by atoms with E-state index in [1.807, 2.05) is 18.2 Å². The minimum Gasteiger partial charge on any atom is -0.497 e. The summed E-state index contributed by atoms with van der Waals surface area (Å²) in [6, 6.07) is 15.0. The van der Waals surface area contributed by atoms with E-state index in [0.29, 0.717) is 23.3 Å². The van der Waals surface area contributed by atoms with Crippen LogP contribution in [0, 0.1) is 5.92 Å². The maximum Gasteiger partial charge on any atom is 0.305 e. The Morgan fingerprint density at radius 3 is 1.62 bits per heavy atom. The van der Waals surface area contributed by atoms with Gasteiger partial charge in [-0.05, 0) is 60.4 Å². The molecule has 7 amide bonds. The summed E-state index contributed by atoms with van der Waals surface area (Å²) in [7, 11) is 1.54. The summed E-state index contributed by atoms with van der Waals surface area (Å²) in [4.78, 5) is 132. The van der Waals surface area contributed by atoms with E-state index in [-0.39, 0.29) is 24.6 Å². The topological polar surface area (TPSA) is 325 Å².